The summed E-state index contributed by atoms with van der Waals surface area (Å²) >= 11 is 0. The second-order valence-electron chi connectivity index (χ2n) is 8.25. The van der Waals surface area contributed by atoms with E-state index in [1.54, 1.807) is 32.4 Å². The lowest BCUT2D eigenvalue weighted by Crippen LogP contribution is -2.43. The molecule has 0 aromatic heterocycles. The highest BCUT2D eigenvalue weighted by atomic mass is 16.6. The van der Waals surface area contributed by atoms with Crippen molar-refractivity contribution in [2.24, 2.45) is 0 Å². The molecule has 3 aromatic rings. The average Bonchev–Trinajstić information content (AvgIpc) is 2.81. The van der Waals surface area contributed by atoms with E-state index in [4.69, 9.17) is 9.47 Å². The molecule has 0 saturated carbocycles. The first-order chi connectivity index (χ1) is 15.5. The smallest absolute Gasteiger partial charge is 0.269 e. The Kier molecular flexibility index (Phi) is 4.98. The lowest BCUT2D eigenvalue weighted by atomic mass is 9.78. The minimum atomic E-state index is -0.382. The Morgan fingerprint density at radius 3 is 2.47 bits per heavy atom. The van der Waals surface area contributed by atoms with E-state index in [1.165, 1.54) is 11.1 Å². The number of nitrogens with zero attached hydrogens (tertiary/aromatic N) is 2. The van der Waals surface area contributed by atoms with Gasteiger partial charge in [0.05, 0.1) is 25.2 Å². The number of benzene rings is 3. The zero-order valence-electron chi connectivity index (χ0n) is 17.9. The average molecular weight is 432 g/mol. The maximum absolute atomic E-state index is 11.2. The number of nitro benzene ring substituents is 1. The molecule has 0 radical (unpaired) electrons. The second-order valence-corrected chi connectivity index (χ2v) is 8.25. The molecule has 2 atom stereocenters. The van der Waals surface area contributed by atoms with Crippen molar-refractivity contribution in [1.82, 2.24) is 4.90 Å². The molecule has 2 aliphatic heterocycles. The molecule has 0 fully saturated rings. The molecule has 0 amide bonds. The van der Waals surface area contributed by atoms with Crippen molar-refractivity contribution in [2.75, 3.05) is 20.8 Å². The summed E-state index contributed by atoms with van der Waals surface area (Å²) in [5, 5.41) is 21.6. The molecule has 164 valence electrons. The molecule has 5 rings (SSSR count). The number of nitro groups is 1. The fourth-order valence-electron chi connectivity index (χ4n) is 5.13. The van der Waals surface area contributed by atoms with Gasteiger partial charge in [0, 0.05) is 24.7 Å². The zero-order valence-corrected chi connectivity index (χ0v) is 17.9. The van der Waals surface area contributed by atoms with Gasteiger partial charge in [-0.2, -0.15) is 0 Å². The van der Waals surface area contributed by atoms with Gasteiger partial charge in [-0.15, -0.1) is 0 Å². The van der Waals surface area contributed by atoms with Crippen LogP contribution in [-0.2, 0) is 12.8 Å². The van der Waals surface area contributed by atoms with Crippen LogP contribution in [0, 0.1) is 10.1 Å². The van der Waals surface area contributed by atoms with Crippen LogP contribution >= 0.6 is 0 Å². The predicted molar refractivity (Wildman–Crippen MR) is 119 cm³/mol. The maximum Gasteiger partial charge on any atom is 0.269 e. The van der Waals surface area contributed by atoms with Crippen molar-refractivity contribution < 1.29 is 19.5 Å². The minimum absolute atomic E-state index is 0.0701. The highest BCUT2D eigenvalue weighted by molar-refractivity contribution is 5.53. The van der Waals surface area contributed by atoms with Crippen LogP contribution in [0.3, 0.4) is 0 Å². The summed E-state index contributed by atoms with van der Waals surface area (Å²) in [5.41, 5.74) is 5.68. The first-order valence-electron chi connectivity index (χ1n) is 10.6. The molecule has 0 spiro atoms. The Morgan fingerprint density at radius 1 is 1.00 bits per heavy atom. The van der Waals surface area contributed by atoms with Crippen LogP contribution in [0.1, 0.15) is 39.9 Å². The van der Waals surface area contributed by atoms with E-state index in [1.807, 2.05) is 24.3 Å². The zero-order chi connectivity index (χ0) is 22.4. The number of ether oxygens (including phenoxy) is 2. The van der Waals surface area contributed by atoms with E-state index in [0.717, 1.165) is 41.8 Å². The highest BCUT2D eigenvalue weighted by Crippen LogP contribution is 2.49. The van der Waals surface area contributed by atoms with Crippen molar-refractivity contribution in [3.8, 4) is 17.2 Å². The molecule has 0 saturated heterocycles. The van der Waals surface area contributed by atoms with Gasteiger partial charge >= 0.3 is 0 Å². The second kappa shape index (κ2) is 7.84. The maximum atomic E-state index is 11.2. The Bertz CT molecular complexity index is 1190. The Balaban J connectivity index is 1.66. The lowest BCUT2D eigenvalue weighted by molar-refractivity contribution is -0.384. The summed E-state index contributed by atoms with van der Waals surface area (Å²) in [6.07, 6.45) is 1.65. The normalized spacial score (nSPS) is 19.4. The van der Waals surface area contributed by atoms with Gasteiger partial charge in [-0.3, -0.25) is 15.0 Å². The number of aromatic hydroxyl groups is 1. The molecule has 32 heavy (non-hydrogen) atoms. The molecule has 0 aliphatic carbocycles. The molecule has 2 aliphatic rings. The van der Waals surface area contributed by atoms with E-state index >= 15 is 0 Å². The van der Waals surface area contributed by atoms with Crippen molar-refractivity contribution in [1.29, 1.82) is 0 Å². The minimum Gasteiger partial charge on any atom is -0.504 e. The Morgan fingerprint density at radius 2 is 1.78 bits per heavy atom. The van der Waals surface area contributed by atoms with E-state index < -0.39 is 0 Å². The van der Waals surface area contributed by atoms with E-state index in [2.05, 4.69) is 17.0 Å². The molecule has 3 aromatic carbocycles. The van der Waals surface area contributed by atoms with Crippen LogP contribution in [0.4, 0.5) is 5.69 Å². The summed E-state index contributed by atoms with van der Waals surface area (Å²) in [4.78, 5) is 13.2. The topological polar surface area (TPSA) is 85.1 Å². The quantitative estimate of drug-likeness (QED) is 0.480. The van der Waals surface area contributed by atoms with E-state index in [0.29, 0.717) is 5.75 Å². The van der Waals surface area contributed by atoms with Crippen LogP contribution in [-0.4, -0.2) is 35.7 Å². The van der Waals surface area contributed by atoms with Gasteiger partial charge in [0.15, 0.2) is 11.5 Å². The number of hydrogen-bond acceptors (Lipinski definition) is 6. The van der Waals surface area contributed by atoms with Gasteiger partial charge < -0.3 is 14.6 Å². The summed E-state index contributed by atoms with van der Waals surface area (Å²) in [5.74, 6) is 1.40. The van der Waals surface area contributed by atoms with E-state index in [9.17, 15) is 15.2 Å². The first-order valence-corrected chi connectivity index (χ1v) is 10.6. The summed E-state index contributed by atoms with van der Waals surface area (Å²) < 4.78 is 10.8. The molecular weight excluding hydrogens is 408 g/mol. The van der Waals surface area contributed by atoms with Gasteiger partial charge in [-0.25, -0.2) is 0 Å². The van der Waals surface area contributed by atoms with Gasteiger partial charge in [-0.05, 0) is 64.9 Å². The molecule has 0 bridgehead atoms. The van der Waals surface area contributed by atoms with Gasteiger partial charge in [0.1, 0.15) is 5.75 Å². The fraction of sp³-hybridized carbons (Fsp3) is 0.280. The molecular formula is C25H24N2O5. The third kappa shape index (κ3) is 3.26. The summed E-state index contributed by atoms with van der Waals surface area (Å²) in [6.45, 7) is 0.842. The first kappa shape index (κ1) is 20.3. The van der Waals surface area contributed by atoms with Gasteiger partial charge in [-0.1, -0.05) is 18.2 Å². The van der Waals surface area contributed by atoms with Crippen molar-refractivity contribution >= 4 is 5.69 Å². The van der Waals surface area contributed by atoms with Crippen LogP contribution < -0.4 is 9.47 Å². The number of fused-ring (bicyclic) bond motifs is 4. The third-order valence-corrected chi connectivity index (χ3v) is 6.65. The number of hydrogen-bond donors (Lipinski definition) is 1. The lowest BCUT2D eigenvalue weighted by Gasteiger charge is -2.47. The van der Waals surface area contributed by atoms with Crippen molar-refractivity contribution in [3.05, 3.63) is 92.5 Å². The van der Waals surface area contributed by atoms with E-state index in [-0.39, 0.29) is 28.4 Å². The third-order valence-electron chi connectivity index (χ3n) is 6.65. The standard InChI is InChI=1S/C25H24N2O5/c1-31-19-7-8-20-16(11-19)9-10-26-22(20)12-17-13-23(28)24(32-2)14-21(17)25(26)15-3-5-18(6-4-15)27(29)30/h3-8,11,13-14,22,25,28H,9-10,12H2,1-2H3. The van der Waals surface area contributed by atoms with Crippen LogP contribution in [0.5, 0.6) is 17.2 Å². The monoisotopic (exact) mass is 432 g/mol. The van der Waals surface area contributed by atoms with Crippen LogP contribution in [0.2, 0.25) is 0 Å². The summed E-state index contributed by atoms with van der Waals surface area (Å²) in [6, 6.07) is 16.7. The number of phenols is 1. The Labute approximate surface area is 186 Å². The van der Waals surface area contributed by atoms with Crippen molar-refractivity contribution in [2.45, 2.75) is 24.9 Å². The fourth-order valence-corrected chi connectivity index (χ4v) is 5.13. The van der Waals surface area contributed by atoms with Crippen LogP contribution in [0.15, 0.2) is 54.6 Å². The predicted octanol–water partition coefficient (Wildman–Crippen LogP) is 4.56. The van der Waals surface area contributed by atoms with Gasteiger partial charge in [0.25, 0.3) is 5.69 Å². The SMILES string of the molecule is COc1ccc2c(c1)CCN1C2Cc2cc(O)c(OC)cc2C1c1ccc([N+](=O)[O-])cc1. The van der Waals surface area contributed by atoms with Crippen LogP contribution in [0.25, 0.3) is 0 Å². The molecule has 1 N–H and O–H groups in total. The van der Waals surface area contributed by atoms with Crippen molar-refractivity contribution in [3.63, 3.8) is 0 Å². The number of non-ortho nitro benzene ring substituents is 1. The summed E-state index contributed by atoms with van der Waals surface area (Å²) in [7, 11) is 3.22. The number of methoxy groups -OCH3 is 2. The molecule has 2 heterocycles. The molecule has 7 nitrogen and oxygen atoms in total. The largest absolute Gasteiger partial charge is 0.504 e. The number of phenolic OH excluding ortho intramolecular Hbond substituents is 1. The highest BCUT2D eigenvalue weighted by Gasteiger charge is 2.39. The Hall–Kier alpha value is -3.58. The van der Waals surface area contributed by atoms with Gasteiger partial charge in [0.2, 0.25) is 0 Å². The molecule has 7 heteroatoms. The number of rotatable bonds is 4. The molecule has 2 unspecified atom stereocenters.